The molecule has 7 heteroatoms. The second-order valence-electron chi connectivity index (χ2n) is 5.95. The molecule has 0 spiro atoms. The topological polar surface area (TPSA) is 37.3 Å². The quantitative estimate of drug-likeness (QED) is 0.493. The van der Waals surface area contributed by atoms with Crippen LogP contribution >= 0.6 is 0 Å². The molecule has 0 aliphatic heterocycles. The van der Waals surface area contributed by atoms with Crippen molar-refractivity contribution in [2.45, 2.75) is 38.8 Å². The lowest BCUT2D eigenvalue weighted by atomic mass is 9.94. The summed E-state index contributed by atoms with van der Waals surface area (Å²) < 4.78 is 65.9. The van der Waals surface area contributed by atoms with Crippen LogP contribution in [-0.4, -0.2) is 11.1 Å². The van der Waals surface area contributed by atoms with Gasteiger partial charge in [-0.2, -0.15) is 13.2 Å². The smallest absolute Gasteiger partial charge is 0.422 e. The summed E-state index contributed by atoms with van der Waals surface area (Å²) in [7, 11) is 0. The summed E-state index contributed by atoms with van der Waals surface area (Å²) in [5.74, 6) is -4.89. The molecule has 26 heavy (non-hydrogen) atoms. The second kappa shape index (κ2) is 7.85. The molecule has 0 saturated heterocycles. The van der Waals surface area contributed by atoms with Crippen LogP contribution in [0.1, 0.15) is 47.7 Å². The summed E-state index contributed by atoms with van der Waals surface area (Å²) in [6.45, 7) is 2.02. The van der Waals surface area contributed by atoms with Gasteiger partial charge in [0.05, 0.1) is 5.56 Å². The van der Waals surface area contributed by atoms with Gasteiger partial charge in [-0.3, -0.25) is 0 Å². The molecule has 0 fully saturated rings. The molecular weight excluding hydrogens is 355 g/mol. The number of halogens is 5. The van der Waals surface area contributed by atoms with Gasteiger partial charge in [0.15, 0.2) is 0 Å². The fraction of sp³-hybridized carbons (Fsp3) is 0.316. The van der Waals surface area contributed by atoms with Gasteiger partial charge in [0.25, 0.3) is 0 Å². The first-order chi connectivity index (χ1) is 12.1. The molecule has 0 aliphatic carbocycles. The Morgan fingerprint density at radius 2 is 1.65 bits per heavy atom. The highest BCUT2D eigenvalue weighted by molar-refractivity contribution is 5.96. The number of carboxylic acid groups (broad SMARTS) is 1. The summed E-state index contributed by atoms with van der Waals surface area (Å²) in [5.41, 5.74) is -1.74. The predicted molar refractivity (Wildman–Crippen MR) is 87.0 cm³/mol. The maximum atomic E-state index is 13.9. The number of hydrogen-bond acceptors (Lipinski definition) is 1. The van der Waals surface area contributed by atoms with Crippen LogP contribution in [0, 0.1) is 11.6 Å². The normalized spacial score (nSPS) is 11.6. The van der Waals surface area contributed by atoms with Crippen LogP contribution in [0.5, 0.6) is 0 Å². The maximum absolute atomic E-state index is 13.9. The van der Waals surface area contributed by atoms with Crippen molar-refractivity contribution in [2.75, 3.05) is 0 Å². The lowest BCUT2D eigenvalue weighted by Crippen LogP contribution is -2.12. The van der Waals surface area contributed by atoms with E-state index >= 15 is 0 Å². The molecule has 2 aromatic carbocycles. The van der Waals surface area contributed by atoms with Crippen molar-refractivity contribution in [1.29, 1.82) is 0 Å². The minimum absolute atomic E-state index is 0.0157. The molecule has 1 N–H and O–H groups in total. The van der Waals surface area contributed by atoms with E-state index in [0.29, 0.717) is 18.6 Å². The number of rotatable bonds is 6. The molecule has 2 rings (SSSR count). The molecule has 0 heterocycles. The largest absolute Gasteiger partial charge is 0.478 e. The average molecular weight is 372 g/mol. The van der Waals surface area contributed by atoms with Crippen LogP contribution in [0.25, 0.3) is 11.1 Å². The fourth-order valence-electron chi connectivity index (χ4n) is 2.75. The van der Waals surface area contributed by atoms with Crippen LogP contribution < -0.4 is 0 Å². The van der Waals surface area contributed by atoms with Crippen molar-refractivity contribution < 1.29 is 31.9 Å². The lowest BCUT2D eigenvalue weighted by molar-refractivity contribution is -0.142. The summed E-state index contributed by atoms with van der Waals surface area (Å²) in [6.07, 6.45) is -1.76. The standard InChI is InChI=1S/C19H17F5O2/c1-2-3-4-5-11-6-7-13(18(25)26)14(8-11)12-9-15(20)17(16(21)10-12)19(22,23)24/h6-10H,2-5H2,1H3,(H,25,26). The average Bonchev–Trinajstić information content (AvgIpc) is 2.52. The van der Waals surface area contributed by atoms with Crippen LogP contribution in [0.4, 0.5) is 22.0 Å². The Morgan fingerprint density at radius 1 is 1.04 bits per heavy atom. The third kappa shape index (κ3) is 4.39. The molecule has 0 aliphatic rings. The first kappa shape index (κ1) is 19.9. The minimum Gasteiger partial charge on any atom is -0.478 e. The number of aromatic carboxylic acids is 1. The number of aryl methyl sites for hydroxylation is 1. The maximum Gasteiger partial charge on any atom is 0.422 e. The molecule has 0 aromatic heterocycles. The molecule has 2 aromatic rings. The van der Waals surface area contributed by atoms with Crippen molar-refractivity contribution in [3.63, 3.8) is 0 Å². The van der Waals surface area contributed by atoms with Crippen molar-refractivity contribution in [1.82, 2.24) is 0 Å². The highest BCUT2D eigenvalue weighted by Crippen LogP contribution is 2.36. The molecule has 0 atom stereocenters. The van der Waals surface area contributed by atoms with Gasteiger partial charge in [0, 0.05) is 0 Å². The number of hydrogen-bond donors (Lipinski definition) is 1. The van der Waals surface area contributed by atoms with E-state index < -0.39 is 29.3 Å². The van der Waals surface area contributed by atoms with E-state index in [1.807, 2.05) is 6.92 Å². The molecule has 0 radical (unpaired) electrons. The summed E-state index contributed by atoms with van der Waals surface area (Å²) in [4.78, 5) is 11.4. The van der Waals surface area contributed by atoms with E-state index in [9.17, 15) is 31.9 Å². The summed E-state index contributed by atoms with van der Waals surface area (Å²) >= 11 is 0. The van der Waals surface area contributed by atoms with Gasteiger partial charge >= 0.3 is 12.1 Å². The molecule has 0 saturated carbocycles. The van der Waals surface area contributed by atoms with Crippen molar-refractivity contribution >= 4 is 5.97 Å². The van der Waals surface area contributed by atoms with Crippen LogP contribution in [0.15, 0.2) is 30.3 Å². The first-order valence-electron chi connectivity index (χ1n) is 8.08. The van der Waals surface area contributed by atoms with Gasteiger partial charge < -0.3 is 5.11 Å². The van der Waals surface area contributed by atoms with E-state index in [-0.39, 0.29) is 16.7 Å². The van der Waals surface area contributed by atoms with Gasteiger partial charge in [-0.05, 0) is 47.7 Å². The van der Waals surface area contributed by atoms with E-state index in [1.165, 1.54) is 12.1 Å². The Kier molecular flexibility index (Phi) is 6.00. The van der Waals surface area contributed by atoms with Crippen LogP contribution in [0.2, 0.25) is 0 Å². The van der Waals surface area contributed by atoms with Gasteiger partial charge in [-0.1, -0.05) is 31.9 Å². The zero-order valence-corrected chi connectivity index (χ0v) is 14.0. The minimum atomic E-state index is -5.18. The molecular formula is C19H17F5O2. The van der Waals surface area contributed by atoms with Crippen LogP contribution in [0.3, 0.4) is 0 Å². The fourth-order valence-corrected chi connectivity index (χ4v) is 2.75. The number of unbranched alkanes of at least 4 members (excludes halogenated alkanes) is 2. The first-order valence-corrected chi connectivity index (χ1v) is 8.08. The third-order valence-electron chi connectivity index (χ3n) is 4.02. The Labute approximate surface area is 147 Å². The van der Waals surface area contributed by atoms with Crippen molar-refractivity contribution in [3.05, 3.63) is 58.7 Å². The van der Waals surface area contributed by atoms with Crippen molar-refractivity contribution in [2.24, 2.45) is 0 Å². The highest BCUT2D eigenvalue weighted by Gasteiger charge is 2.38. The van der Waals surface area contributed by atoms with Crippen LogP contribution in [-0.2, 0) is 12.6 Å². The van der Waals surface area contributed by atoms with E-state index in [4.69, 9.17) is 0 Å². The SMILES string of the molecule is CCCCCc1ccc(C(=O)O)c(-c2cc(F)c(C(F)(F)F)c(F)c2)c1. The molecule has 0 unspecified atom stereocenters. The van der Waals surface area contributed by atoms with Gasteiger partial charge in [-0.15, -0.1) is 0 Å². The zero-order chi connectivity index (χ0) is 19.5. The monoisotopic (exact) mass is 372 g/mol. The third-order valence-corrected chi connectivity index (χ3v) is 4.02. The molecule has 140 valence electrons. The Balaban J connectivity index is 2.55. The van der Waals surface area contributed by atoms with E-state index in [1.54, 1.807) is 6.07 Å². The van der Waals surface area contributed by atoms with Gasteiger partial charge in [-0.25, -0.2) is 13.6 Å². The lowest BCUT2D eigenvalue weighted by Gasteiger charge is -2.13. The number of carboxylic acids is 1. The number of alkyl halides is 3. The predicted octanol–water partition coefficient (Wildman–Crippen LogP) is 6.08. The van der Waals surface area contributed by atoms with Crippen molar-refractivity contribution in [3.8, 4) is 11.1 Å². The Hall–Kier alpha value is -2.44. The van der Waals surface area contributed by atoms with Gasteiger partial charge in [0.2, 0.25) is 0 Å². The van der Waals surface area contributed by atoms with Gasteiger partial charge in [0.1, 0.15) is 17.2 Å². The van der Waals surface area contributed by atoms with E-state index in [0.717, 1.165) is 24.8 Å². The summed E-state index contributed by atoms with van der Waals surface area (Å²) in [6, 6.07) is 5.39. The van der Waals surface area contributed by atoms with E-state index in [2.05, 4.69) is 0 Å². The number of benzene rings is 2. The molecule has 0 bridgehead atoms. The Bertz CT molecular complexity index is 789. The zero-order valence-electron chi connectivity index (χ0n) is 14.0. The molecule has 0 amide bonds. The summed E-state index contributed by atoms with van der Waals surface area (Å²) in [5, 5.41) is 9.29. The highest BCUT2D eigenvalue weighted by atomic mass is 19.4. The second-order valence-corrected chi connectivity index (χ2v) is 5.95. The Morgan fingerprint density at radius 3 is 2.15 bits per heavy atom. The number of carbonyl (C=O) groups is 1. The molecule has 2 nitrogen and oxygen atoms in total.